The normalized spacial score (nSPS) is 24.3. The summed E-state index contributed by atoms with van der Waals surface area (Å²) in [4.78, 5) is 53.0. The second-order valence-corrected chi connectivity index (χ2v) is 8.59. The highest BCUT2D eigenvalue weighted by molar-refractivity contribution is 6.06. The van der Waals surface area contributed by atoms with E-state index in [-0.39, 0.29) is 24.1 Å². The van der Waals surface area contributed by atoms with Crippen LogP contribution in [0.1, 0.15) is 48.5 Å². The molecule has 29 heavy (non-hydrogen) atoms. The minimum Gasteiger partial charge on any atom is -0.326 e. The van der Waals surface area contributed by atoms with Crippen molar-refractivity contribution in [2.75, 3.05) is 25.5 Å². The van der Waals surface area contributed by atoms with Crippen LogP contribution in [-0.2, 0) is 20.9 Å². The molecule has 8 heteroatoms. The topological polar surface area (TPSA) is 98.8 Å². The predicted octanol–water partition coefficient (Wildman–Crippen LogP) is 1.12. The monoisotopic (exact) mass is 398 g/mol. The molecule has 3 heterocycles. The van der Waals surface area contributed by atoms with Gasteiger partial charge < -0.3 is 15.1 Å². The fourth-order valence-electron chi connectivity index (χ4n) is 4.25. The molecular weight excluding hydrogens is 372 g/mol. The molecule has 2 fully saturated rings. The average molecular weight is 398 g/mol. The lowest BCUT2D eigenvalue weighted by Crippen LogP contribution is -2.52. The van der Waals surface area contributed by atoms with Crippen molar-refractivity contribution in [1.29, 1.82) is 0 Å². The molecule has 3 aliphatic heterocycles. The minimum absolute atomic E-state index is 0.0296. The van der Waals surface area contributed by atoms with E-state index in [1.54, 1.807) is 12.1 Å². The number of hydrogen-bond donors (Lipinski definition) is 2. The van der Waals surface area contributed by atoms with Crippen molar-refractivity contribution >= 4 is 29.3 Å². The van der Waals surface area contributed by atoms with E-state index in [2.05, 4.69) is 22.6 Å². The van der Waals surface area contributed by atoms with E-state index < -0.39 is 17.4 Å². The highest BCUT2D eigenvalue weighted by atomic mass is 16.2. The number of likely N-dealkylation sites (tertiary alicyclic amines) is 1. The lowest BCUT2D eigenvalue weighted by Gasteiger charge is -2.36. The Kier molecular flexibility index (Phi) is 4.90. The van der Waals surface area contributed by atoms with Gasteiger partial charge in [-0.25, -0.2) is 0 Å². The molecule has 0 aliphatic carbocycles. The van der Waals surface area contributed by atoms with Crippen LogP contribution >= 0.6 is 0 Å². The summed E-state index contributed by atoms with van der Waals surface area (Å²) in [6.45, 7) is 4.08. The highest BCUT2D eigenvalue weighted by Gasteiger charge is 2.40. The standard InChI is InChI=1S/C21H26N4O4/c1-21(7-9-24(2)10-8-21)20(29)22-14-4-3-13-12-25(19(28)15(13)11-14)16-5-6-17(26)23-18(16)27/h3-4,11,16H,5-10,12H2,1-2H3,(H,22,29)(H,23,26,27). The summed E-state index contributed by atoms with van der Waals surface area (Å²) in [5, 5.41) is 5.28. The number of amides is 4. The van der Waals surface area contributed by atoms with Gasteiger partial charge in [-0.1, -0.05) is 13.0 Å². The molecule has 3 aliphatic rings. The van der Waals surface area contributed by atoms with Gasteiger partial charge in [0.2, 0.25) is 17.7 Å². The fourth-order valence-corrected chi connectivity index (χ4v) is 4.25. The van der Waals surface area contributed by atoms with Gasteiger partial charge in [-0.05, 0) is 57.1 Å². The van der Waals surface area contributed by atoms with Crippen molar-refractivity contribution < 1.29 is 19.2 Å². The molecular formula is C21H26N4O4. The van der Waals surface area contributed by atoms with Gasteiger partial charge in [-0.2, -0.15) is 0 Å². The van der Waals surface area contributed by atoms with Crippen molar-refractivity contribution in [3.8, 4) is 0 Å². The molecule has 0 saturated carbocycles. The van der Waals surface area contributed by atoms with Crippen LogP contribution in [0.4, 0.5) is 5.69 Å². The summed E-state index contributed by atoms with van der Waals surface area (Å²) in [6.07, 6.45) is 2.15. The number of benzene rings is 1. The molecule has 1 aromatic carbocycles. The summed E-state index contributed by atoms with van der Waals surface area (Å²) in [7, 11) is 2.05. The summed E-state index contributed by atoms with van der Waals surface area (Å²) in [6, 6.07) is 4.69. The molecule has 1 aromatic rings. The molecule has 2 saturated heterocycles. The summed E-state index contributed by atoms with van der Waals surface area (Å²) in [5.41, 5.74) is 1.49. The van der Waals surface area contributed by atoms with E-state index in [1.807, 2.05) is 13.0 Å². The van der Waals surface area contributed by atoms with Gasteiger partial charge in [0.25, 0.3) is 5.91 Å². The fraction of sp³-hybridized carbons (Fsp3) is 0.524. The van der Waals surface area contributed by atoms with Gasteiger partial charge in [0.1, 0.15) is 6.04 Å². The Hall–Kier alpha value is -2.74. The van der Waals surface area contributed by atoms with Crippen LogP contribution in [0.25, 0.3) is 0 Å². The first-order valence-electron chi connectivity index (χ1n) is 10.0. The molecule has 0 spiro atoms. The maximum Gasteiger partial charge on any atom is 0.255 e. The zero-order valence-electron chi connectivity index (χ0n) is 16.8. The quantitative estimate of drug-likeness (QED) is 0.744. The third kappa shape index (κ3) is 3.64. The van der Waals surface area contributed by atoms with Crippen molar-refractivity contribution in [2.24, 2.45) is 5.41 Å². The largest absolute Gasteiger partial charge is 0.326 e. The third-order valence-corrected chi connectivity index (χ3v) is 6.42. The van der Waals surface area contributed by atoms with Crippen LogP contribution in [0, 0.1) is 5.41 Å². The van der Waals surface area contributed by atoms with Gasteiger partial charge in [-0.15, -0.1) is 0 Å². The number of anilines is 1. The zero-order valence-corrected chi connectivity index (χ0v) is 16.8. The Morgan fingerprint density at radius 2 is 1.93 bits per heavy atom. The van der Waals surface area contributed by atoms with E-state index >= 15 is 0 Å². The number of carbonyl (C=O) groups excluding carboxylic acids is 4. The van der Waals surface area contributed by atoms with Crippen LogP contribution in [0.2, 0.25) is 0 Å². The molecule has 0 bridgehead atoms. The lowest BCUT2D eigenvalue weighted by molar-refractivity contribution is -0.137. The van der Waals surface area contributed by atoms with Crippen molar-refractivity contribution in [3.05, 3.63) is 29.3 Å². The first-order valence-corrected chi connectivity index (χ1v) is 10.0. The first-order chi connectivity index (χ1) is 13.8. The van der Waals surface area contributed by atoms with Crippen LogP contribution < -0.4 is 10.6 Å². The van der Waals surface area contributed by atoms with E-state index in [4.69, 9.17) is 0 Å². The molecule has 4 amide bonds. The Labute approximate surface area is 169 Å². The number of rotatable bonds is 3. The lowest BCUT2D eigenvalue weighted by atomic mass is 9.79. The SMILES string of the molecule is CN1CCC(C)(C(=O)Nc2ccc3c(c2)C(=O)N(C2CCC(=O)NC2=O)C3)CC1. The zero-order chi connectivity index (χ0) is 20.8. The third-order valence-electron chi connectivity index (χ3n) is 6.42. The Bertz CT molecular complexity index is 889. The molecule has 8 nitrogen and oxygen atoms in total. The number of nitrogens with one attached hydrogen (secondary N) is 2. The van der Waals surface area contributed by atoms with Crippen LogP contribution in [0.5, 0.6) is 0 Å². The van der Waals surface area contributed by atoms with Crippen LogP contribution in [0.15, 0.2) is 18.2 Å². The number of imide groups is 1. The first kappa shape index (κ1) is 19.6. The second-order valence-electron chi connectivity index (χ2n) is 8.59. The van der Waals surface area contributed by atoms with Crippen molar-refractivity contribution in [1.82, 2.24) is 15.1 Å². The minimum atomic E-state index is -0.635. The Morgan fingerprint density at radius 1 is 1.21 bits per heavy atom. The van der Waals surface area contributed by atoms with Gasteiger partial charge in [0, 0.05) is 29.6 Å². The smallest absolute Gasteiger partial charge is 0.255 e. The summed E-state index contributed by atoms with van der Waals surface area (Å²) < 4.78 is 0. The molecule has 0 radical (unpaired) electrons. The van der Waals surface area contributed by atoms with E-state index in [9.17, 15) is 19.2 Å². The van der Waals surface area contributed by atoms with Crippen molar-refractivity contribution in [3.63, 3.8) is 0 Å². The molecule has 4 rings (SSSR count). The molecule has 154 valence electrons. The predicted molar refractivity (Wildman–Crippen MR) is 106 cm³/mol. The molecule has 1 atom stereocenters. The number of fused-ring (bicyclic) bond motifs is 1. The number of piperidine rings is 2. The maximum absolute atomic E-state index is 12.9. The van der Waals surface area contributed by atoms with Gasteiger partial charge in [0.05, 0.1) is 0 Å². The molecule has 1 unspecified atom stereocenters. The van der Waals surface area contributed by atoms with Gasteiger partial charge >= 0.3 is 0 Å². The van der Waals surface area contributed by atoms with E-state index in [1.165, 1.54) is 4.90 Å². The van der Waals surface area contributed by atoms with E-state index in [0.29, 0.717) is 24.2 Å². The van der Waals surface area contributed by atoms with Crippen LogP contribution in [-0.4, -0.2) is 59.6 Å². The average Bonchev–Trinajstić information content (AvgIpc) is 3.00. The second kappa shape index (κ2) is 7.26. The summed E-state index contributed by atoms with van der Waals surface area (Å²) >= 11 is 0. The van der Waals surface area contributed by atoms with Gasteiger partial charge in [0.15, 0.2) is 0 Å². The van der Waals surface area contributed by atoms with E-state index in [0.717, 1.165) is 31.5 Å². The number of nitrogens with zero attached hydrogens (tertiary/aromatic N) is 2. The van der Waals surface area contributed by atoms with Gasteiger partial charge in [-0.3, -0.25) is 24.5 Å². The number of hydrogen-bond acceptors (Lipinski definition) is 5. The molecule has 2 N–H and O–H groups in total. The highest BCUT2D eigenvalue weighted by Crippen LogP contribution is 2.33. The summed E-state index contributed by atoms with van der Waals surface area (Å²) in [5.74, 6) is -0.997. The molecule has 0 aromatic heterocycles. The maximum atomic E-state index is 12.9. The Morgan fingerprint density at radius 3 is 2.62 bits per heavy atom. The number of carbonyl (C=O) groups is 4. The Balaban J connectivity index is 1.47. The van der Waals surface area contributed by atoms with Crippen molar-refractivity contribution in [2.45, 2.75) is 45.2 Å². The van der Waals surface area contributed by atoms with Crippen LogP contribution in [0.3, 0.4) is 0 Å².